The van der Waals surface area contributed by atoms with E-state index < -0.39 is 0 Å². The quantitative estimate of drug-likeness (QED) is 0.836. The lowest BCUT2D eigenvalue weighted by molar-refractivity contribution is -0.137. The van der Waals surface area contributed by atoms with E-state index in [1.165, 1.54) is 6.42 Å². The molecule has 0 bridgehead atoms. The summed E-state index contributed by atoms with van der Waals surface area (Å²) in [5.41, 5.74) is 0.970. The van der Waals surface area contributed by atoms with Crippen LogP contribution in [0.3, 0.4) is 0 Å². The van der Waals surface area contributed by atoms with Gasteiger partial charge in [0.15, 0.2) is 0 Å². The Kier molecular flexibility index (Phi) is 4.50. The second-order valence-electron chi connectivity index (χ2n) is 5.55. The first-order valence-corrected chi connectivity index (χ1v) is 7.38. The highest BCUT2D eigenvalue weighted by atomic mass is 35.5. The Bertz CT molecular complexity index is 436. The molecular weight excluding hydrogens is 262 g/mol. The van der Waals surface area contributed by atoms with Gasteiger partial charge in [-0.3, -0.25) is 9.48 Å². The predicted molar refractivity (Wildman–Crippen MR) is 76.0 cm³/mol. The van der Waals surface area contributed by atoms with Crippen LogP contribution in [0.4, 0.5) is 0 Å². The lowest BCUT2D eigenvalue weighted by atomic mass is 10.0. The third kappa shape index (κ3) is 2.94. The molecule has 0 spiro atoms. The fourth-order valence-corrected chi connectivity index (χ4v) is 3.07. The molecule has 1 aliphatic heterocycles. The molecule has 2 heterocycles. The first-order chi connectivity index (χ1) is 9.02. The first kappa shape index (κ1) is 14.4. The van der Waals surface area contributed by atoms with Crippen LogP contribution in [0.5, 0.6) is 0 Å². The monoisotopic (exact) mass is 283 g/mol. The second kappa shape index (κ2) is 5.95. The van der Waals surface area contributed by atoms with E-state index in [1.807, 2.05) is 25.8 Å². The number of amides is 1. The molecule has 0 N–H and O–H groups in total. The molecule has 5 heteroatoms. The number of carbonyl (C=O) groups excluding carboxylic acids is 1. The first-order valence-electron chi connectivity index (χ1n) is 7.00. The van der Waals surface area contributed by atoms with Gasteiger partial charge in [0.2, 0.25) is 5.91 Å². The Morgan fingerprint density at radius 1 is 1.42 bits per heavy atom. The number of likely N-dealkylation sites (tertiary alicyclic amines) is 1. The standard InChI is InChI=1S/C14H22ClN3O/c1-10(2)14(19)18-8-6-4-5-7-12(18)13-11(15)9-16-17(13)3/h9-10,12H,4-8H2,1-3H3/t12-/m1/s1. The van der Waals surface area contributed by atoms with Crippen molar-refractivity contribution in [3.63, 3.8) is 0 Å². The molecule has 1 saturated heterocycles. The molecule has 0 aromatic carbocycles. The van der Waals surface area contributed by atoms with Gasteiger partial charge in [0, 0.05) is 19.5 Å². The third-order valence-electron chi connectivity index (χ3n) is 3.78. The third-order valence-corrected chi connectivity index (χ3v) is 4.07. The fraction of sp³-hybridized carbons (Fsp3) is 0.714. The van der Waals surface area contributed by atoms with Crippen molar-refractivity contribution in [2.75, 3.05) is 6.54 Å². The van der Waals surface area contributed by atoms with Crippen molar-refractivity contribution < 1.29 is 4.79 Å². The zero-order valence-electron chi connectivity index (χ0n) is 11.9. The summed E-state index contributed by atoms with van der Waals surface area (Å²) in [6, 6.07) is 0.0670. The zero-order chi connectivity index (χ0) is 14.0. The Labute approximate surface area is 119 Å². The molecule has 0 radical (unpaired) electrons. The van der Waals surface area contributed by atoms with Gasteiger partial charge < -0.3 is 4.90 Å². The molecule has 0 aliphatic carbocycles. The van der Waals surface area contributed by atoms with Gasteiger partial charge in [-0.1, -0.05) is 38.3 Å². The van der Waals surface area contributed by atoms with Gasteiger partial charge in [-0.25, -0.2) is 0 Å². The van der Waals surface area contributed by atoms with Crippen molar-refractivity contribution >= 4 is 17.5 Å². The summed E-state index contributed by atoms with van der Waals surface area (Å²) in [5.74, 6) is 0.233. The van der Waals surface area contributed by atoms with Crippen LogP contribution in [-0.2, 0) is 11.8 Å². The summed E-state index contributed by atoms with van der Waals surface area (Å²) in [6.07, 6.45) is 6.02. The van der Waals surface area contributed by atoms with Crippen LogP contribution < -0.4 is 0 Å². The van der Waals surface area contributed by atoms with Crippen molar-refractivity contribution in [2.45, 2.75) is 45.6 Å². The predicted octanol–water partition coefficient (Wildman–Crippen LogP) is 3.17. The molecule has 0 saturated carbocycles. The van der Waals surface area contributed by atoms with E-state index in [0.29, 0.717) is 5.02 Å². The maximum atomic E-state index is 12.4. The maximum absolute atomic E-state index is 12.4. The van der Waals surface area contributed by atoms with Gasteiger partial charge in [-0.05, 0) is 12.8 Å². The summed E-state index contributed by atoms with van der Waals surface area (Å²) in [6.45, 7) is 4.73. The van der Waals surface area contributed by atoms with Crippen LogP contribution in [0, 0.1) is 5.92 Å². The Morgan fingerprint density at radius 2 is 2.16 bits per heavy atom. The number of aryl methyl sites for hydroxylation is 1. The highest BCUT2D eigenvalue weighted by Gasteiger charge is 2.31. The average molecular weight is 284 g/mol. The largest absolute Gasteiger partial charge is 0.334 e. The molecule has 0 unspecified atom stereocenters. The minimum Gasteiger partial charge on any atom is -0.334 e. The Morgan fingerprint density at radius 3 is 2.74 bits per heavy atom. The van der Waals surface area contributed by atoms with E-state index in [0.717, 1.165) is 31.5 Å². The normalized spacial score (nSPS) is 20.7. The molecule has 4 nitrogen and oxygen atoms in total. The number of aromatic nitrogens is 2. The van der Waals surface area contributed by atoms with Gasteiger partial charge in [-0.2, -0.15) is 5.10 Å². The molecular formula is C14H22ClN3O. The molecule has 1 aliphatic rings. The number of hydrogen-bond donors (Lipinski definition) is 0. The van der Waals surface area contributed by atoms with Crippen LogP contribution in [0.2, 0.25) is 5.02 Å². The van der Waals surface area contributed by atoms with Crippen LogP contribution in [0.1, 0.15) is 51.3 Å². The lowest BCUT2D eigenvalue weighted by Crippen LogP contribution is -2.38. The van der Waals surface area contributed by atoms with Crippen LogP contribution in [0.15, 0.2) is 6.20 Å². The number of rotatable bonds is 2. The topological polar surface area (TPSA) is 38.1 Å². The second-order valence-corrected chi connectivity index (χ2v) is 5.96. The molecule has 19 heavy (non-hydrogen) atoms. The summed E-state index contributed by atoms with van der Waals surface area (Å²) >= 11 is 6.26. The van der Waals surface area contributed by atoms with Gasteiger partial charge in [0.25, 0.3) is 0 Å². The number of nitrogens with zero attached hydrogens (tertiary/aromatic N) is 3. The zero-order valence-corrected chi connectivity index (χ0v) is 12.7. The van der Waals surface area contributed by atoms with Gasteiger partial charge in [0.1, 0.15) is 0 Å². The van der Waals surface area contributed by atoms with Crippen molar-refractivity contribution in [3.05, 3.63) is 16.9 Å². The van der Waals surface area contributed by atoms with Crippen LogP contribution in [-0.4, -0.2) is 27.1 Å². The SMILES string of the molecule is CC(C)C(=O)N1CCCCC[C@@H]1c1c(Cl)cnn1C. The van der Waals surface area contributed by atoms with Crippen molar-refractivity contribution in [2.24, 2.45) is 13.0 Å². The summed E-state index contributed by atoms with van der Waals surface area (Å²) in [7, 11) is 1.89. The average Bonchev–Trinajstić information content (AvgIpc) is 2.58. The van der Waals surface area contributed by atoms with Crippen molar-refractivity contribution in [1.82, 2.24) is 14.7 Å². The Hall–Kier alpha value is -1.03. The summed E-state index contributed by atoms with van der Waals surface area (Å²) in [4.78, 5) is 14.4. The highest BCUT2D eigenvalue weighted by molar-refractivity contribution is 6.31. The van der Waals surface area contributed by atoms with Crippen molar-refractivity contribution in [3.8, 4) is 0 Å². The van der Waals surface area contributed by atoms with E-state index >= 15 is 0 Å². The lowest BCUT2D eigenvalue weighted by Gasteiger charge is -2.31. The van der Waals surface area contributed by atoms with E-state index in [2.05, 4.69) is 5.10 Å². The van der Waals surface area contributed by atoms with E-state index in [1.54, 1.807) is 10.9 Å². The number of carbonyl (C=O) groups is 1. The minimum atomic E-state index is 0.0209. The number of halogens is 1. The van der Waals surface area contributed by atoms with E-state index in [9.17, 15) is 4.79 Å². The molecule has 1 aromatic heterocycles. The minimum absolute atomic E-state index is 0.0209. The van der Waals surface area contributed by atoms with E-state index in [-0.39, 0.29) is 17.9 Å². The van der Waals surface area contributed by atoms with Gasteiger partial charge in [0.05, 0.1) is 23.0 Å². The molecule has 1 aromatic rings. The van der Waals surface area contributed by atoms with Gasteiger partial charge in [-0.15, -0.1) is 0 Å². The van der Waals surface area contributed by atoms with Crippen LogP contribution >= 0.6 is 11.6 Å². The highest BCUT2D eigenvalue weighted by Crippen LogP contribution is 2.34. The summed E-state index contributed by atoms with van der Waals surface area (Å²) < 4.78 is 1.80. The van der Waals surface area contributed by atoms with Crippen LogP contribution in [0.25, 0.3) is 0 Å². The maximum Gasteiger partial charge on any atom is 0.225 e. The van der Waals surface area contributed by atoms with Crippen molar-refractivity contribution in [1.29, 1.82) is 0 Å². The smallest absolute Gasteiger partial charge is 0.225 e. The Balaban J connectivity index is 2.35. The molecule has 106 valence electrons. The molecule has 1 amide bonds. The fourth-order valence-electron chi connectivity index (χ4n) is 2.78. The van der Waals surface area contributed by atoms with Gasteiger partial charge >= 0.3 is 0 Å². The molecule has 2 rings (SSSR count). The van der Waals surface area contributed by atoms with E-state index in [4.69, 9.17) is 11.6 Å². The summed E-state index contributed by atoms with van der Waals surface area (Å²) in [5, 5.41) is 4.87. The number of hydrogen-bond acceptors (Lipinski definition) is 2. The molecule has 1 fully saturated rings. The molecule has 1 atom stereocenters.